The van der Waals surface area contributed by atoms with Crippen molar-refractivity contribution in [1.29, 1.82) is 0 Å². The van der Waals surface area contributed by atoms with E-state index in [2.05, 4.69) is 63.7 Å². The Balaban J connectivity index is 1.41. The van der Waals surface area contributed by atoms with Crippen LogP contribution in [0.1, 0.15) is 0 Å². The number of hydrogen-bond acceptors (Lipinski definition) is 4. The maximum absolute atomic E-state index is 4.80. The summed E-state index contributed by atoms with van der Waals surface area (Å²) in [6.07, 6.45) is 7.44. The minimum Gasteiger partial charge on any atom is -0.256 e. The molecular formula is C25H16N5+. The summed E-state index contributed by atoms with van der Waals surface area (Å²) in [5.74, 6) is 0. The van der Waals surface area contributed by atoms with Crippen molar-refractivity contribution >= 4 is 32.4 Å². The van der Waals surface area contributed by atoms with Crippen molar-refractivity contribution in [3.8, 4) is 16.9 Å². The fraction of sp³-hybridized carbons (Fsp3) is 0. The van der Waals surface area contributed by atoms with Crippen LogP contribution in [0.15, 0.2) is 97.6 Å². The van der Waals surface area contributed by atoms with Crippen LogP contribution in [0.3, 0.4) is 0 Å². The zero-order chi connectivity index (χ0) is 19.9. The van der Waals surface area contributed by atoms with E-state index in [0.717, 1.165) is 44.0 Å². The largest absolute Gasteiger partial charge is 0.256 e. The first-order valence-corrected chi connectivity index (χ1v) is 9.72. The molecule has 3 heterocycles. The van der Waals surface area contributed by atoms with E-state index in [4.69, 9.17) is 5.10 Å². The van der Waals surface area contributed by atoms with Crippen molar-refractivity contribution in [2.24, 2.45) is 0 Å². The zero-order valence-corrected chi connectivity index (χ0v) is 16.0. The second kappa shape index (κ2) is 6.67. The van der Waals surface area contributed by atoms with Crippen molar-refractivity contribution in [1.82, 2.24) is 20.3 Å². The van der Waals surface area contributed by atoms with E-state index >= 15 is 0 Å². The third-order valence-corrected chi connectivity index (χ3v) is 5.36. The van der Waals surface area contributed by atoms with Crippen LogP contribution >= 0.6 is 0 Å². The summed E-state index contributed by atoms with van der Waals surface area (Å²) < 4.78 is 1.89. The van der Waals surface area contributed by atoms with Gasteiger partial charge in [0.05, 0.1) is 18.1 Å². The van der Waals surface area contributed by atoms with Gasteiger partial charge >= 0.3 is 0 Å². The SMILES string of the molecule is c1ccc2cc(-c3ccc4n[n+](-c5ccc6cnncc6c5)ccc4c3)ncc2c1. The maximum Gasteiger partial charge on any atom is 0.238 e. The van der Waals surface area contributed by atoms with Gasteiger partial charge in [-0.1, -0.05) is 35.0 Å². The van der Waals surface area contributed by atoms with Gasteiger partial charge in [0.15, 0.2) is 0 Å². The summed E-state index contributed by atoms with van der Waals surface area (Å²) >= 11 is 0. The molecule has 0 aliphatic carbocycles. The average Bonchev–Trinajstić information content (AvgIpc) is 2.83. The average molecular weight is 386 g/mol. The normalized spacial score (nSPS) is 11.3. The second-order valence-electron chi connectivity index (χ2n) is 7.25. The fourth-order valence-corrected chi connectivity index (χ4v) is 3.75. The summed E-state index contributed by atoms with van der Waals surface area (Å²) in [5.41, 5.74) is 3.95. The van der Waals surface area contributed by atoms with Gasteiger partial charge in [0.1, 0.15) is 5.52 Å². The Morgan fingerprint density at radius 3 is 2.37 bits per heavy atom. The molecule has 5 nitrogen and oxygen atoms in total. The highest BCUT2D eigenvalue weighted by Gasteiger charge is 2.12. The molecule has 6 aromatic rings. The predicted octanol–water partition coefficient (Wildman–Crippen LogP) is 4.67. The molecule has 0 N–H and O–H groups in total. The maximum atomic E-state index is 4.80. The van der Waals surface area contributed by atoms with Gasteiger partial charge in [-0.15, -0.1) is 0 Å². The molecule has 0 fully saturated rings. The van der Waals surface area contributed by atoms with Crippen molar-refractivity contribution in [3.05, 3.63) is 97.6 Å². The lowest BCUT2D eigenvalue weighted by Gasteiger charge is -2.04. The van der Waals surface area contributed by atoms with Gasteiger partial charge in [-0.05, 0) is 29.7 Å². The molecule has 3 aromatic carbocycles. The van der Waals surface area contributed by atoms with Crippen molar-refractivity contribution in [2.75, 3.05) is 0 Å². The first-order chi connectivity index (χ1) is 14.8. The molecule has 0 bridgehead atoms. The summed E-state index contributed by atoms with van der Waals surface area (Å²) in [7, 11) is 0. The van der Waals surface area contributed by atoms with E-state index in [1.807, 2.05) is 41.3 Å². The third-order valence-electron chi connectivity index (χ3n) is 5.36. The Morgan fingerprint density at radius 2 is 1.43 bits per heavy atom. The van der Waals surface area contributed by atoms with Crippen LogP contribution in [0.4, 0.5) is 0 Å². The molecule has 0 aliphatic heterocycles. The van der Waals surface area contributed by atoms with E-state index in [1.54, 1.807) is 12.4 Å². The number of rotatable bonds is 2. The van der Waals surface area contributed by atoms with Crippen LogP contribution in [0.5, 0.6) is 0 Å². The first-order valence-electron chi connectivity index (χ1n) is 9.72. The molecule has 140 valence electrons. The molecule has 0 unspecified atom stereocenters. The van der Waals surface area contributed by atoms with Crippen LogP contribution in [-0.2, 0) is 0 Å². The lowest BCUT2D eigenvalue weighted by molar-refractivity contribution is -0.657. The van der Waals surface area contributed by atoms with Gasteiger partial charge in [-0.2, -0.15) is 10.2 Å². The molecular weight excluding hydrogens is 370 g/mol. The predicted molar refractivity (Wildman–Crippen MR) is 117 cm³/mol. The molecule has 5 heteroatoms. The molecule has 30 heavy (non-hydrogen) atoms. The number of pyridine rings is 1. The quantitative estimate of drug-likeness (QED) is 0.406. The molecule has 0 radical (unpaired) electrons. The minimum atomic E-state index is 0.926. The summed E-state index contributed by atoms with van der Waals surface area (Å²) in [6.45, 7) is 0. The van der Waals surface area contributed by atoms with Crippen LogP contribution in [0.2, 0.25) is 0 Å². The Kier molecular flexibility index (Phi) is 3.71. The van der Waals surface area contributed by atoms with Gasteiger partial charge in [-0.25, -0.2) is 0 Å². The second-order valence-corrected chi connectivity index (χ2v) is 7.25. The smallest absolute Gasteiger partial charge is 0.238 e. The van der Waals surface area contributed by atoms with Crippen LogP contribution < -0.4 is 4.68 Å². The van der Waals surface area contributed by atoms with Gasteiger partial charge in [0.25, 0.3) is 0 Å². The van der Waals surface area contributed by atoms with Gasteiger partial charge in [-0.3, -0.25) is 4.98 Å². The Hall–Kier alpha value is -4.25. The standard InChI is InChI=1S/C25H16N5/c1-2-4-20-14-26-25(13-17(20)3-1)18-6-8-24-19(11-18)9-10-30(29-24)23-7-5-21-15-27-28-16-22(21)12-23/h1-16H/q+1. The minimum absolute atomic E-state index is 0.926. The molecule has 0 atom stereocenters. The monoisotopic (exact) mass is 386 g/mol. The Morgan fingerprint density at radius 1 is 0.600 bits per heavy atom. The molecule has 6 rings (SSSR count). The molecule has 0 aliphatic rings. The lowest BCUT2D eigenvalue weighted by Crippen LogP contribution is -2.34. The molecule has 3 aromatic heterocycles. The summed E-state index contributed by atoms with van der Waals surface area (Å²) in [4.78, 5) is 4.64. The molecule has 0 saturated heterocycles. The highest BCUT2D eigenvalue weighted by atomic mass is 15.3. The van der Waals surface area contributed by atoms with Crippen molar-refractivity contribution in [3.63, 3.8) is 0 Å². The van der Waals surface area contributed by atoms with Crippen molar-refractivity contribution < 1.29 is 4.68 Å². The van der Waals surface area contributed by atoms with Gasteiger partial charge in [0.2, 0.25) is 11.9 Å². The zero-order valence-electron chi connectivity index (χ0n) is 16.0. The number of hydrogen-bond donors (Lipinski definition) is 0. The number of nitrogens with zero attached hydrogens (tertiary/aromatic N) is 5. The molecule has 0 amide bonds. The van der Waals surface area contributed by atoms with Crippen molar-refractivity contribution in [2.45, 2.75) is 0 Å². The number of aromatic nitrogens is 5. The molecule has 0 spiro atoms. The van der Waals surface area contributed by atoms with E-state index in [0.29, 0.717) is 0 Å². The number of benzene rings is 3. The Labute approximate surface area is 172 Å². The highest BCUT2D eigenvalue weighted by molar-refractivity contribution is 5.88. The van der Waals surface area contributed by atoms with Gasteiger partial charge < -0.3 is 0 Å². The Bertz CT molecular complexity index is 1440. The first kappa shape index (κ1) is 16.7. The number of fused-ring (bicyclic) bond motifs is 3. The van der Waals surface area contributed by atoms with E-state index in [1.165, 1.54) is 5.39 Å². The van der Waals surface area contributed by atoms with E-state index in [9.17, 15) is 0 Å². The third kappa shape index (κ3) is 2.84. The van der Waals surface area contributed by atoms with E-state index in [-0.39, 0.29) is 0 Å². The lowest BCUT2D eigenvalue weighted by atomic mass is 10.1. The van der Waals surface area contributed by atoms with Crippen LogP contribution in [-0.4, -0.2) is 20.3 Å². The topological polar surface area (TPSA) is 55.4 Å². The summed E-state index contributed by atoms with van der Waals surface area (Å²) in [6, 6.07) is 24.9. The van der Waals surface area contributed by atoms with Gasteiger partial charge in [0, 0.05) is 56.6 Å². The van der Waals surface area contributed by atoms with Crippen LogP contribution in [0.25, 0.3) is 49.4 Å². The fourth-order valence-electron chi connectivity index (χ4n) is 3.75. The highest BCUT2D eigenvalue weighted by Crippen LogP contribution is 2.24. The molecule has 0 saturated carbocycles. The summed E-state index contributed by atoms with van der Waals surface area (Å²) in [5, 5.41) is 18.2. The van der Waals surface area contributed by atoms with Crippen LogP contribution in [0, 0.1) is 0 Å². The van der Waals surface area contributed by atoms with E-state index < -0.39 is 0 Å².